The van der Waals surface area contributed by atoms with Gasteiger partial charge in [-0.3, -0.25) is 0 Å². The van der Waals surface area contributed by atoms with E-state index in [1.54, 1.807) is 17.5 Å². The van der Waals surface area contributed by atoms with Gasteiger partial charge in [-0.1, -0.05) is 0 Å². The van der Waals surface area contributed by atoms with Crippen LogP contribution in [0.2, 0.25) is 0 Å². The van der Waals surface area contributed by atoms with Crippen LogP contribution in [0.15, 0.2) is 21.7 Å². The normalized spacial score (nSPS) is 12.5. The van der Waals surface area contributed by atoms with Gasteiger partial charge in [0.1, 0.15) is 11.0 Å². The van der Waals surface area contributed by atoms with Gasteiger partial charge in [0.2, 0.25) is 0 Å². The van der Waals surface area contributed by atoms with Crippen LogP contribution in [0.1, 0.15) is 5.56 Å². The summed E-state index contributed by atoms with van der Waals surface area (Å²) >= 11 is 1.45. The first-order valence-corrected chi connectivity index (χ1v) is 6.21. The molecule has 0 aliphatic heterocycles. The molecule has 0 saturated heterocycles. The highest BCUT2D eigenvalue weighted by molar-refractivity contribution is 7.95. The van der Waals surface area contributed by atoms with Gasteiger partial charge >= 0.3 is 0 Å². The first-order valence-electron chi connectivity index (χ1n) is 3.38. The van der Waals surface area contributed by atoms with E-state index in [0.29, 0.717) is 0 Å². The van der Waals surface area contributed by atoms with Crippen molar-refractivity contribution in [3.8, 4) is 6.07 Å². The molecule has 0 aliphatic carbocycles. The Kier molecular flexibility index (Phi) is 2.86. The summed E-state index contributed by atoms with van der Waals surface area (Å²) in [5.74, 6) is 0. The number of hydrogen-bond acceptors (Lipinski definition) is 4. The molecule has 3 nitrogen and oxygen atoms in total. The van der Waals surface area contributed by atoms with Crippen molar-refractivity contribution in [3.05, 3.63) is 27.3 Å². The SMILES string of the molecule is CS(=O)(=O)/C(C#N)=C/c1ccsc1. The average molecular weight is 213 g/mol. The second-order valence-electron chi connectivity index (χ2n) is 2.45. The zero-order valence-electron chi connectivity index (χ0n) is 6.89. The van der Waals surface area contributed by atoms with Gasteiger partial charge in [-0.15, -0.1) is 0 Å². The Labute approximate surface area is 80.9 Å². The summed E-state index contributed by atoms with van der Waals surface area (Å²) in [5, 5.41) is 12.2. The molecule has 0 fully saturated rings. The fourth-order valence-corrected chi connectivity index (χ4v) is 1.86. The zero-order valence-corrected chi connectivity index (χ0v) is 8.52. The summed E-state index contributed by atoms with van der Waals surface area (Å²) in [6.45, 7) is 0. The molecule has 1 aromatic heterocycles. The molecule has 0 spiro atoms. The summed E-state index contributed by atoms with van der Waals surface area (Å²) in [5.41, 5.74) is 0.743. The van der Waals surface area contributed by atoms with E-state index < -0.39 is 9.84 Å². The highest BCUT2D eigenvalue weighted by Crippen LogP contribution is 2.13. The monoisotopic (exact) mass is 213 g/mol. The van der Waals surface area contributed by atoms with E-state index in [-0.39, 0.29) is 4.91 Å². The van der Waals surface area contributed by atoms with Crippen molar-refractivity contribution in [2.24, 2.45) is 0 Å². The molecule has 0 saturated carbocycles. The third-order valence-corrected chi connectivity index (χ3v) is 3.06. The predicted octanol–water partition coefficient (Wildman–Crippen LogP) is 1.66. The molecule has 0 amide bonds. The van der Waals surface area contributed by atoms with E-state index in [1.807, 2.05) is 5.38 Å². The molecular formula is C8H7NO2S2. The summed E-state index contributed by atoms with van der Waals surface area (Å²) in [7, 11) is -3.39. The van der Waals surface area contributed by atoms with Crippen molar-refractivity contribution in [2.75, 3.05) is 6.26 Å². The molecule has 68 valence electrons. The Bertz CT molecular complexity index is 449. The van der Waals surface area contributed by atoms with Gasteiger partial charge in [-0.05, 0) is 28.5 Å². The molecule has 0 atom stereocenters. The number of nitrogens with zero attached hydrogens (tertiary/aromatic N) is 1. The minimum absolute atomic E-state index is 0.203. The van der Waals surface area contributed by atoms with Crippen LogP contribution in [0.4, 0.5) is 0 Å². The lowest BCUT2D eigenvalue weighted by Crippen LogP contribution is -1.97. The van der Waals surface area contributed by atoms with Crippen molar-refractivity contribution in [3.63, 3.8) is 0 Å². The van der Waals surface area contributed by atoms with E-state index >= 15 is 0 Å². The quantitative estimate of drug-likeness (QED) is 0.702. The Morgan fingerprint density at radius 2 is 2.38 bits per heavy atom. The largest absolute Gasteiger partial charge is 0.223 e. The van der Waals surface area contributed by atoms with E-state index in [4.69, 9.17) is 5.26 Å². The summed E-state index contributed by atoms with van der Waals surface area (Å²) in [6.07, 6.45) is 2.39. The topological polar surface area (TPSA) is 57.9 Å². The standard InChI is InChI=1S/C8H7NO2S2/c1-13(10,11)8(5-9)4-7-2-3-12-6-7/h2-4,6H,1H3/b8-4+. The van der Waals surface area contributed by atoms with Gasteiger partial charge in [0, 0.05) is 6.26 Å². The molecule has 1 heterocycles. The summed E-state index contributed by atoms with van der Waals surface area (Å²) in [4.78, 5) is -0.203. The summed E-state index contributed by atoms with van der Waals surface area (Å²) < 4.78 is 22.0. The minimum atomic E-state index is -3.39. The van der Waals surface area contributed by atoms with E-state index in [9.17, 15) is 8.42 Å². The highest BCUT2D eigenvalue weighted by atomic mass is 32.2. The highest BCUT2D eigenvalue weighted by Gasteiger charge is 2.09. The van der Waals surface area contributed by atoms with Gasteiger partial charge in [-0.2, -0.15) is 16.6 Å². The van der Waals surface area contributed by atoms with Gasteiger partial charge in [0.25, 0.3) is 0 Å². The summed E-state index contributed by atoms with van der Waals surface area (Å²) in [6, 6.07) is 3.42. The molecule has 0 unspecified atom stereocenters. The van der Waals surface area contributed by atoms with Crippen LogP contribution in [0, 0.1) is 11.3 Å². The predicted molar refractivity (Wildman–Crippen MR) is 52.8 cm³/mol. The van der Waals surface area contributed by atoms with Crippen LogP contribution >= 0.6 is 11.3 Å². The maximum atomic E-state index is 11.0. The van der Waals surface area contributed by atoms with Crippen LogP contribution in [0.5, 0.6) is 0 Å². The Morgan fingerprint density at radius 3 is 2.77 bits per heavy atom. The van der Waals surface area contributed by atoms with Gasteiger partial charge in [-0.25, -0.2) is 8.42 Å². The molecule has 5 heteroatoms. The molecule has 0 aromatic carbocycles. The van der Waals surface area contributed by atoms with Crippen LogP contribution < -0.4 is 0 Å². The minimum Gasteiger partial charge on any atom is -0.223 e. The third-order valence-electron chi connectivity index (χ3n) is 1.35. The fourth-order valence-electron chi connectivity index (χ4n) is 0.731. The second-order valence-corrected chi connectivity index (χ2v) is 5.21. The van der Waals surface area contributed by atoms with E-state index in [0.717, 1.165) is 11.8 Å². The lowest BCUT2D eigenvalue weighted by molar-refractivity contribution is 0.609. The molecule has 13 heavy (non-hydrogen) atoms. The van der Waals surface area contributed by atoms with Gasteiger partial charge in [0.05, 0.1) is 0 Å². The maximum absolute atomic E-state index is 11.0. The maximum Gasteiger partial charge on any atom is 0.185 e. The van der Waals surface area contributed by atoms with Gasteiger partial charge < -0.3 is 0 Å². The van der Waals surface area contributed by atoms with E-state index in [1.165, 1.54) is 17.4 Å². The van der Waals surface area contributed by atoms with Crippen LogP contribution in [0.25, 0.3) is 6.08 Å². The zero-order chi connectivity index (χ0) is 9.90. The molecule has 1 rings (SSSR count). The molecule has 1 aromatic rings. The lowest BCUT2D eigenvalue weighted by atomic mass is 10.3. The Balaban J connectivity index is 3.14. The first kappa shape index (κ1) is 9.96. The van der Waals surface area contributed by atoms with Crippen LogP contribution in [-0.4, -0.2) is 14.7 Å². The molecule has 0 radical (unpaired) electrons. The van der Waals surface area contributed by atoms with Crippen LogP contribution in [0.3, 0.4) is 0 Å². The van der Waals surface area contributed by atoms with E-state index in [2.05, 4.69) is 0 Å². The molecule has 0 bridgehead atoms. The van der Waals surface area contributed by atoms with Crippen molar-refractivity contribution in [1.82, 2.24) is 0 Å². The lowest BCUT2D eigenvalue weighted by Gasteiger charge is -1.91. The third kappa shape index (κ3) is 2.68. The Morgan fingerprint density at radius 1 is 1.69 bits per heavy atom. The number of hydrogen-bond donors (Lipinski definition) is 0. The smallest absolute Gasteiger partial charge is 0.185 e. The van der Waals surface area contributed by atoms with Crippen molar-refractivity contribution in [2.45, 2.75) is 0 Å². The Hall–Kier alpha value is -1.12. The van der Waals surface area contributed by atoms with Crippen molar-refractivity contribution < 1.29 is 8.42 Å². The number of allylic oxidation sites excluding steroid dienone is 1. The average Bonchev–Trinajstić information content (AvgIpc) is 2.49. The first-order chi connectivity index (χ1) is 6.04. The number of nitriles is 1. The number of thiophene rings is 1. The van der Waals surface area contributed by atoms with Crippen LogP contribution in [-0.2, 0) is 9.84 Å². The number of rotatable bonds is 2. The molecule has 0 N–H and O–H groups in total. The van der Waals surface area contributed by atoms with Crippen molar-refractivity contribution in [1.29, 1.82) is 5.26 Å². The van der Waals surface area contributed by atoms with Crippen molar-refractivity contribution >= 4 is 27.3 Å². The second kappa shape index (κ2) is 3.73. The number of sulfone groups is 1. The fraction of sp³-hybridized carbons (Fsp3) is 0.125. The molecular weight excluding hydrogens is 206 g/mol. The molecule has 0 aliphatic rings. The van der Waals surface area contributed by atoms with Gasteiger partial charge in [0.15, 0.2) is 9.84 Å².